The molecule has 0 aromatic heterocycles. The fraction of sp³-hybridized carbons (Fsp3) is 0.562. The van der Waals surface area contributed by atoms with Gasteiger partial charge in [0.05, 0.1) is 5.25 Å². The Kier molecular flexibility index (Phi) is 5.92. The first-order valence-corrected chi connectivity index (χ1v) is 8.42. The lowest BCUT2D eigenvalue weighted by Crippen LogP contribution is -2.50. The zero-order valence-electron chi connectivity index (χ0n) is 12.4. The number of hydrogen-bond donors (Lipinski definition) is 0. The van der Waals surface area contributed by atoms with E-state index in [0.717, 1.165) is 38.5 Å². The summed E-state index contributed by atoms with van der Waals surface area (Å²) in [5, 5.41) is 0.0448. The Hall–Kier alpha value is -1.00. The van der Waals surface area contributed by atoms with Crippen LogP contribution in [-0.4, -0.2) is 53.7 Å². The van der Waals surface area contributed by atoms with Crippen molar-refractivity contribution in [3.05, 3.63) is 35.9 Å². The number of thioether (sulfide) groups is 1. The fourth-order valence-electron chi connectivity index (χ4n) is 2.41. The lowest BCUT2D eigenvalue weighted by atomic mass is 10.2. The Morgan fingerprint density at radius 2 is 1.85 bits per heavy atom. The Balaban J connectivity index is 1.77. The average Bonchev–Trinajstić information content (AvgIpc) is 2.53. The van der Waals surface area contributed by atoms with Gasteiger partial charge in [-0.3, -0.25) is 4.79 Å². The number of carbonyl (C=O) groups excluding carboxylic acids is 1. The fourth-order valence-corrected chi connectivity index (χ4v) is 3.33. The van der Waals surface area contributed by atoms with Crippen LogP contribution in [0.2, 0.25) is 0 Å². The van der Waals surface area contributed by atoms with Crippen molar-refractivity contribution >= 4 is 17.7 Å². The summed E-state index contributed by atoms with van der Waals surface area (Å²) in [6.07, 6.45) is 0. The molecule has 20 heavy (non-hydrogen) atoms. The molecule has 2 rings (SSSR count). The van der Waals surface area contributed by atoms with E-state index >= 15 is 0 Å². The molecule has 1 fully saturated rings. The summed E-state index contributed by atoms with van der Waals surface area (Å²) in [6, 6.07) is 10.4. The minimum Gasteiger partial charge on any atom is -0.339 e. The van der Waals surface area contributed by atoms with Crippen molar-refractivity contribution in [3.63, 3.8) is 0 Å². The predicted molar refractivity (Wildman–Crippen MR) is 85.9 cm³/mol. The summed E-state index contributed by atoms with van der Waals surface area (Å²) in [4.78, 5) is 16.8. The van der Waals surface area contributed by atoms with Crippen molar-refractivity contribution in [1.82, 2.24) is 9.80 Å². The van der Waals surface area contributed by atoms with Gasteiger partial charge in [0.15, 0.2) is 0 Å². The summed E-state index contributed by atoms with van der Waals surface area (Å²) in [7, 11) is 0. The van der Waals surface area contributed by atoms with Crippen LogP contribution < -0.4 is 0 Å². The third kappa shape index (κ3) is 4.25. The first-order chi connectivity index (χ1) is 9.70. The molecule has 1 aromatic carbocycles. The molecule has 1 aliphatic heterocycles. The van der Waals surface area contributed by atoms with E-state index in [1.807, 2.05) is 30.0 Å². The van der Waals surface area contributed by atoms with Crippen molar-refractivity contribution in [2.24, 2.45) is 0 Å². The zero-order valence-corrected chi connectivity index (χ0v) is 13.2. The molecule has 1 amide bonds. The molecule has 0 radical (unpaired) electrons. The molecule has 3 nitrogen and oxygen atoms in total. The molecule has 0 saturated carbocycles. The Bertz CT molecular complexity index is 416. The number of rotatable bonds is 5. The molecule has 1 atom stereocenters. The van der Waals surface area contributed by atoms with Crippen molar-refractivity contribution in [2.45, 2.75) is 24.9 Å². The Labute approximate surface area is 126 Å². The standard InChI is InChI=1S/C16H24N2OS/c1-3-17-9-11-18(12-10-17)16(19)14(2)20-13-15-7-5-4-6-8-15/h4-8,14H,3,9-13H2,1-2H3. The lowest BCUT2D eigenvalue weighted by molar-refractivity contribution is -0.132. The largest absolute Gasteiger partial charge is 0.339 e. The molecule has 0 spiro atoms. The summed E-state index contributed by atoms with van der Waals surface area (Å²) in [6.45, 7) is 9.07. The van der Waals surface area contributed by atoms with Gasteiger partial charge < -0.3 is 9.80 Å². The van der Waals surface area contributed by atoms with Crippen molar-refractivity contribution in [2.75, 3.05) is 32.7 Å². The van der Waals surface area contributed by atoms with Crippen molar-refractivity contribution < 1.29 is 4.79 Å². The van der Waals surface area contributed by atoms with Gasteiger partial charge in [0.2, 0.25) is 5.91 Å². The molecule has 0 aliphatic carbocycles. The van der Waals surface area contributed by atoms with E-state index in [9.17, 15) is 4.79 Å². The maximum absolute atomic E-state index is 12.4. The molecular weight excluding hydrogens is 268 g/mol. The quantitative estimate of drug-likeness (QED) is 0.833. The van der Waals surface area contributed by atoms with Crippen LogP contribution in [0.15, 0.2) is 30.3 Å². The maximum atomic E-state index is 12.4. The van der Waals surface area contributed by atoms with Gasteiger partial charge in [0.25, 0.3) is 0 Å². The van der Waals surface area contributed by atoms with Crippen LogP contribution in [0.25, 0.3) is 0 Å². The second-order valence-corrected chi connectivity index (χ2v) is 6.53. The first-order valence-electron chi connectivity index (χ1n) is 7.37. The van der Waals surface area contributed by atoms with E-state index in [0.29, 0.717) is 5.91 Å². The van der Waals surface area contributed by atoms with Gasteiger partial charge in [-0.2, -0.15) is 0 Å². The van der Waals surface area contributed by atoms with Crippen LogP contribution in [0.5, 0.6) is 0 Å². The average molecular weight is 292 g/mol. The molecule has 1 aliphatic rings. The van der Waals surface area contributed by atoms with Gasteiger partial charge in [-0.1, -0.05) is 37.3 Å². The topological polar surface area (TPSA) is 23.6 Å². The zero-order chi connectivity index (χ0) is 14.4. The molecule has 0 N–H and O–H groups in total. The van der Waals surface area contributed by atoms with Gasteiger partial charge in [-0.25, -0.2) is 0 Å². The van der Waals surface area contributed by atoms with Gasteiger partial charge >= 0.3 is 0 Å². The van der Waals surface area contributed by atoms with Crippen LogP contribution in [0.1, 0.15) is 19.4 Å². The van der Waals surface area contributed by atoms with Crippen molar-refractivity contribution in [3.8, 4) is 0 Å². The van der Waals surface area contributed by atoms with E-state index < -0.39 is 0 Å². The lowest BCUT2D eigenvalue weighted by Gasteiger charge is -2.35. The summed E-state index contributed by atoms with van der Waals surface area (Å²) < 4.78 is 0. The highest BCUT2D eigenvalue weighted by molar-refractivity contribution is 7.99. The second kappa shape index (κ2) is 7.70. The molecule has 1 aromatic rings. The summed E-state index contributed by atoms with van der Waals surface area (Å²) in [5.41, 5.74) is 1.29. The Morgan fingerprint density at radius 3 is 2.45 bits per heavy atom. The highest BCUT2D eigenvalue weighted by Crippen LogP contribution is 2.19. The van der Waals surface area contributed by atoms with Crippen LogP contribution >= 0.6 is 11.8 Å². The molecule has 110 valence electrons. The second-order valence-electron chi connectivity index (χ2n) is 5.20. The molecule has 0 bridgehead atoms. The monoisotopic (exact) mass is 292 g/mol. The number of benzene rings is 1. The number of carbonyl (C=O) groups is 1. The smallest absolute Gasteiger partial charge is 0.235 e. The molecule has 1 unspecified atom stereocenters. The molecular formula is C16H24N2OS. The normalized spacial score (nSPS) is 18.0. The van der Waals surface area contributed by atoms with Gasteiger partial charge in [0.1, 0.15) is 0 Å². The van der Waals surface area contributed by atoms with Crippen molar-refractivity contribution in [1.29, 1.82) is 0 Å². The van der Waals surface area contributed by atoms with Crippen LogP contribution in [0, 0.1) is 0 Å². The Morgan fingerprint density at radius 1 is 1.20 bits per heavy atom. The van der Waals surface area contributed by atoms with Gasteiger partial charge in [0, 0.05) is 31.9 Å². The number of likely N-dealkylation sites (N-methyl/N-ethyl adjacent to an activating group) is 1. The number of hydrogen-bond acceptors (Lipinski definition) is 3. The third-order valence-corrected chi connectivity index (χ3v) is 5.02. The molecule has 1 saturated heterocycles. The van der Waals surface area contributed by atoms with E-state index in [4.69, 9.17) is 0 Å². The molecule has 1 heterocycles. The SMILES string of the molecule is CCN1CCN(C(=O)C(C)SCc2ccccc2)CC1. The predicted octanol–water partition coefficient (Wildman–Crippen LogP) is 2.47. The van der Waals surface area contributed by atoms with E-state index in [1.165, 1.54) is 5.56 Å². The first kappa shape index (κ1) is 15.4. The van der Waals surface area contributed by atoms with Crippen LogP contribution in [0.3, 0.4) is 0 Å². The highest BCUT2D eigenvalue weighted by Gasteiger charge is 2.24. The van der Waals surface area contributed by atoms with E-state index in [1.54, 1.807) is 11.8 Å². The van der Waals surface area contributed by atoms with Crippen LogP contribution in [-0.2, 0) is 10.5 Å². The number of amides is 1. The van der Waals surface area contributed by atoms with Gasteiger partial charge in [-0.15, -0.1) is 11.8 Å². The highest BCUT2D eigenvalue weighted by atomic mass is 32.2. The summed E-state index contributed by atoms with van der Waals surface area (Å²) in [5.74, 6) is 1.20. The van der Waals surface area contributed by atoms with E-state index in [-0.39, 0.29) is 5.25 Å². The number of nitrogens with zero attached hydrogens (tertiary/aromatic N) is 2. The van der Waals surface area contributed by atoms with Crippen LogP contribution in [0.4, 0.5) is 0 Å². The van der Waals surface area contributed by atoms with E-state index in [2.05, 4.69) is 24.0 Å². The minimum absolute atomic E-state index is 0.0448. The minimum atomic E-state index is 0.0448. The van der Waals surface area contributed by atoms with Gasteiger partial charge in [-0.05, 0) is 19.0 Å². The number of piperazine rings is 1. The maximum Gasteiger partial charge on any atom is 0.235 e. The molecule has 4 heteroatoms. The summed E-state index contributed by atoms with van der Waals surface area (Å²) >= 11 is 1.73. The third-order valence-electron chi connectivity index (χ3n) is 3.82.